The third kappa shape index (κ3) is 3.08. The summed E-state index contributed by atoms with van der Waals surface area (Å²) in [5, 5.41) is 12.9. The minimum absolute atomic E-state index is 0.106. The second-order valence-corrected chi connectivity index (χ2v) is 6.41. The fraction of sp³-hybridized carbons (Fsp3) is 0.316. The van der Waals surface area contributed by atoms with E-state index >= 15 is 0 Å². The van der Waals surface area contributed by atoms with E-state index in [1.54, 1.807) is 0 Å². The molecule has 0 radical (unpaired) electrons. The van der Waals surface area contributed by atoms with Gasteiger partial charge in [0.15, 0.2) is 0 Å². The number of rotatable bonds is 4. The van der Waals surface area contributed by atoms with Crippen LogP contribution in [0.3, 0.4) is 0 Å². The third-order valence-electron chi connectivity index (χ3n) is 4.49. The van der Waals surface area contributed by atoms with Crippen LogP contribution in [-0.4, -0.2) is 31.2 Å². The van der Waals surface area contributed by atoms with Crippen LogP contribution in [0.25, 0.3) is 0 Å². The zero-order chi connectivity index (χ0) is 16.4. The normalized spacial score (nSPS) is 23.0. The SMILES string of the molecule is CN(C)c1ccc(C(=O)NC2(c3ccccc3)CC(O)C2)cc1. The van der Waals surface area contributed by atoms with Gasteiger partial charge in [-0.05, 0) is 29.8 Å². The monoisotopic (exact) mass is 310 g/mol. The van der Waals surface area contributed by atoms with Gasteiger partial charge in [-0.25, -0.2) is 0 Å². The van der Waals surface area contributed by atoms with Gasteiger partial charge in [-0.15, -0.1) is 0 Å². The van der Waals surface area contributed by atoms with Crippen molar-refractivity contribution >= 4 is 11.6 Å². The summed E-state index contributed by atoms with van der Waals surface area (Å²) in [4.78, 5) is 14.6. The van der Waals surface area contributed by atoms with Gasteiger partial charge in [-0.3, -0.25) is 4.79 Å². The number of anilines is 1. The summed E-state index contributed by atoms with van der Waals surface area (Å²) < 4.78 is 0. The molecule has 3 rings (SSSR count). The highest BCUT2D eigenvalue weighted by molar-refractivity contribution is 5.95. The number of nitrogens with one attached hydrogen (secondary N) is 1. The average Bonchev–Trinajstić information content (AvgIpc) is 2.54. The Morgan fingerprint density at radius 3 is 2.22 bits per heavy atom. The molecule has 1 saturated carbocycles. The number of hydrogen-bond acceptors (Lipinski definition) is 3. The van der Waals surface area contributed by atoms with E-state index in [9.17, 15) is 9.90 Å². The first-order chi connectivity index (χ1) is 11.0. The van der Waals surface area contributed by atoms with Crippen LogP contribution >= 0.6 is 0 Å². The zero-order valence-electron chi connectivity index (χ0n) is 13.5. The fourth-order valence-corrected chi connectivity index (χ4v) is 3.11. The average molecular weight is 310 g/mol. The highest BCUT2D eigenvalue weighted by Gasteiger charge is 2.46. The molecule has 0 unspecified atom stereocenters. The molecule has 0 aliphatic heterocycles. The van der Waals surface area contributed by atoms with Crippen molar-refractivity contribution in [3.8, 4) is 0 Å². The van der Waals surface area contributed by atoms with Crippen LogP contribution in [0, 0.1) is 0 Å². The number of hydrogen-bond donors (Lipinski definition) is 2. The maximum atomic E-state index is 12.6. The van der Waals surface area contributed by atoms with Gasteiger partial charge >= 0.3 is 0 Å². The standard InChI is InChI=1S/C19H22N2O2/c1-21(2)16-10-8-14(9-11-16)18(23)20-19(12-17(22)13-19)15-6-4-3-5-7-15/h3-11,17,22H,12-13H2,1-2H3,(H,20,23). The summed E-state index contributed by atoms with van der Waals surface area (Å²) in [5.41, 5.74) is 2.27. The van der Waals surface area contributed by atoms with Crippen molar-refractivity contribution in [2.75, 3.05) is 19.0 Å². The van der Waals surface area contributed by atoms with E-state index in [-0.39, 0.29) is 12.0 Å². The quantitative estimate of drug-likeness (QED) is 0.912. The van der Waals surface area contributed by atoms with E-state index in [1.807, 2.05) is 73.6 Å². The van der Waals surface area contributed by atoms with Gasteiger partial charge in [0, 0.05) is 38.2 Å². The second kappa shape index (κ2) is 6.05. The van der Waals surface area contributed by atoms with E-state index in [2.05, 4.69) is 5.32 Å². The molecule has 0 atom stereocenters. The molecule has 1 aliphatic rings. The number of benzene rings is 2. The second-order valence-electron chi connectivity index (χ2n) is 6.41. The molecule has 120 valence electrons. The molecule has 4 heteroatoms. The maximum absolute atomic E-state index is 12.6. The highest BCUT2D eigenvalue weighted by Crippen LogP contribution is 2.41. The first-order valence-electron chi connectivity index (χ1n) is 7.84. The molecule has 0 saturated heterocycles. The Labute approximate surface area is 136 Å². The molecular formula is C19H22N2O2. The van der Waals surface area contributed by atoms with E-state index in [0.29, 0.717) is 18.4 Å². The molecule has 2 N–H and O–H groups in total. The number of aliphatic hydroxyl groups is 1. The van der Waals surface area contributed by atoms with Crippen molar-refractivity contribution in [3.05, 3.63) is 65.7 Å². The van der Waals surface area contributed by atoms with Gasteiger partial charge in [0.2, 0.25) is 0 Å². The van der Waals surface area contributed by atoms with Gasteiger partial charge in [0.05, 0.1) is 11.6 Å². The Morgan fingerprint density at radius 2 is 1.70 bits per heavy atom. The first kappa shape index (κ1) is 15.6. The van der Waals surface area contributed by atoms with Gasteiger partial charge < -0.3 is 15.3 Å². The summed E-state index contributed by atoms with van der Waals surface area (Å²) in [6.07, 6.45) is 0.753. The number of carbonyl (C=O) groups is 1. The minimum Gasteiger partial charge on any atom is -0.393 e. The van der Waals surface area contributed by atoms with Crippen LogP contribution in [0.15, 0.2) is 54.6 Å². The smallest absolute Gasteiger partial charge is 0.251 e. The van der Waals surface area contributed by atoms with Gasteiger partial charge in [0.1, 0.15) is 0 Å². The molecule has 0 spiro atoms. The zero-order valence-corrected chi connectivity index (χ0v) is 13.5. The lowest BCUT2D eigenvalue weighted by atomic mass is 9.69. The topological polar surface area (TPSA) is 52.6 Å². The van der Waals surface area contributed by atoms with Crippen molar-refractivity contribution in [1.82, 2.24) is 5.32 Å². The van der Waals surface area contributed by atoms with Gasteiger partial charge in [-0.1, -0.05) is 30.3 Å². The van der Waals surface area contributed by atoms with Crippen LogP contribution in [-0.2, 0) is 5.54 Å². The largest absolute Gasteiger partial charge is 0.393 e. The van der Waals surface area contributed by atoms with Gasteiger partial charge in [0.25, 0.3) is 5.91 Å². The lowest BCUT2D eigenvalue weighted by Gasteiger charge is -2.46. The molecular weight excluding hydrogens is 288 g/mol. The van der Waals surface area contributed by atoms with Crippen LogP contribution < -0.4 is 10.2 Å². The van der Waals surface area contributed by atoms with Crippen molar-refractivity contribution in [3.63, 3.8) is 0 Å². The van der Waals surface area contributed by atoms with E-state index in [0.717, 1.165) is 11.3 Å². The Balaban J connectivity index is 1.80. The third-order valence-corrected chi connectivity index (χ3v) is 4.49. The summed E-state index contributed by atoms with van der Waals surface area (Å²) >= 11 is 0. The molecule has 1 fully saturated rings. The molecule has 2 aromatic carbocycles. The lowest BCUT2D eigenvalue weighted by Crippen LogP contribution is -2.56. The van der Waals surface area contributed by atoms with E-state index < -0.39 is 5.54 Å². The van der Waals surface area contributed by atoms with Crippen LogP contribution in [0.4, 0.5) is 5.69 Å². The summed E-state index contributed by atoms with van der Waals surface area (Å²) in [5.74, 6) is -0.106. The highest BCUT2D eigenvalue weighted by atomic mass is 16.3. The molecule has 0 bridgehead atoms. The molecule has 23 heavy (non-hydrogen) atoms. The minimum atomic E-state index is -0.460. The number of aliphatic hydroxyl groups excluding tert-OH is 1. The number of carbonyl (C=O) groups excluding carboxylic acids is 1. The molecule has 2 aromatic rings. The lowest BCUT2D eigenvalue weighted by molar-refractivity contribution is 0.00100. The molecule has 0 heterocycles. The van der Waals surface area contributed by atoms with Crippen LogP contribution in [0.5, 0.6) is 0 Å². The Hall–Kier alpha value is -2.33. The van der Waals surface area contributed by atoms with Crippen LogP contribution in [0.2, 0.25) is 0 Å². The Kier molecular flexibility index (Phi) is 4.09. The maximum Gasteiger partial charge on any atom is 0.251 e. The van der Waals surface area contributed by atoms with Crippen molar-refractivity contribution < 1.29 is 9.90 Å². The summed E-state index contributed by atoms with van der Waals surface area (Å²) in [7, 11) is 3.93. The molecule has 4 nitrogen and oxygen atoms in total. The first-order valence-corrected chi connectivity index (χ1v) is 7.84. The number of nitrogens with zero attached hydrogens (tertiary/aromatic N) is 1. The molecule has 1 amide bonds. The fourth-order valence-electron chi connectivity index (χ4n) is 3.11. The van der Waals surface area contributed by atoms with Crippen LogP contribution in [0.1, 0.15) is 28.8 Å². The van der Waals surface area contributed by atoms with Crippen molar-refractivity contribution in [2.24, 2.45) is 0 Å². The predicted molar refractivity (Wildman–Crippen MR) is 91.6 cm³/mol. The van der Waals surface area contributed by atoms with Crippen molar-refractivity contribution in [1.29, 1.82) is 0 Å². The Bertz CT molecular complexity index is 674. The van der Waals surface area contributed by atoms with Gasteiger partial charge in [-0.2, -0.15) is 0 Å². The predicted octanol–water partition coefficient (Wildman–Crippen LogP) is 2.53. The van der Waals surface area contributed by atoms with E-state index in [4.69, 9.17) is 0 Å². The summed E-state index contributed by atoms with van der Waals surface area (Å²) in [6.45, 7) is 0. The Morgan fingerprint density at radius 1 is 1.09 bits per heavy atom. The molecule has 1 aliphatic carbocycles. The van der Waals surface area contributed by atoms with Crippen molar-refractivity contribution in [2.45, 2.75) is 24.5 Å². The number of amides is 1. The summed E-state index contributed by atoms with van der Waals surface area (Å²) in [6, 6.07) is 17.4. The van der Waals surface area contributed by atoms with E-state index in [1.165, 1.54) is 0 Å². The molecule has 0 aromatic heterocycles.